The van der Waals surface area contributed by atoms with Gasteiger partial charge in [-0.2, -0.15) is 0 Å². The SMILES string of the molecule is c1cc(-c2cccc3ccccc23)cc(-c2nc3sc4ccccc4c3c3ccccc23)c1. The number of hydrogen-bond donors (Lipinski definition) is 0. The van der Waals surface area contributed by atoms with Crippen molar-refractivity contribution in [3.8, 4) is 22.4 Å². The fourth-order valence-electron chi connectivity index (χ4n) is 4.97. The highest BCUT2D eigenvalue weighted by Crippen LogP contribution is 2.41. The molecule has 0 aliphatic carbocycles. The Morgan fingerprint density at radius 1 is 0.515 bits per heavy atom. The van der Waals surface area contributed by atoms with E-state index in [4.69, 9.17) is 4.98 Å². The third-order valence-electron chi connectivity index (χ3n) is 6.48. The van der Waals surface area contributed by atoms with Crippen molar-refractivity contribution in [1.82, 2.24) is 4.98 Å². The summed E-state index contributed by atoms with van der Waals surface area (Å²) in [5, 5.41) is 7.55. The predicted octanol–water partition coefficient (Wildman–Crippen LogP) is 9.09. The number of aromatic nitrogens is 1. The normalized spacial score (nSPS) is 11.6. The molecule has 2 aromatic heterocycles. The topological polar surface area (TPSA) is 12.9 Å². The van der Waals surface area contributed by atoms with Crippen LogP contribution >= 0.6 is 11.3 Å². The molecular formula is C31H19NS. The second-order valence-electron chi connectivity index (χ2n) is 8.39. The fourth-order valence-corrected chi connectivity index (χ4v) is 6.07. The van der Waals surface area contributed by atoms with E-state index in [2.05, 4.69) is 115 Å². The Hall–Kier alpha value is -4.01. The Kier molecular flexibility index (Phi) is 4.08. The van der Waals surface area contributed by atoms with Crippen molar-refractivity contribution in [2.75, 3.05) is 0 Å². The van der Waals surface area contributed by atoms with Crippen LogP contribution in [-0.2, 0) is 0 Å². The third-order valence-corrected chi connectivity index (χ3v) is 7.54. The van der Waals surface area contributed by atoms with Crippen LogP contribution in [0.4, 0.5) is 0 Å². The van der Waals surface area contributed by atoms with Crippen LogP contribution in [0.25, 0.3) is 64.2 Å². The van der Waals surface area contributed by atoms with Gasteiger partial charge in [-0.05, 0) is 39.4 Å². The van der Waals surface area contributed by atoms with Gasteiger partial charge in [-0.3, -0.25) is 0 Å². The molecule has 0 aliphatic heterocycles. The van der Waals surface area contributed by atoms with Crippen molar-refractivity contribution in [2.45, 2.75) is 0 Å². The maximum atomic E-state index is 5.23. The van der Waals surface area contributed by atoms with Crippen LogP contribution in [-0.4, -0.2) is 4.98 Å². The summed E-state index contributed by atoms with van der Waals surface area (Å²) in [6, 6.07) is 41.2. The fraction of sp³-hybridized carbons (Fsp3) is 0. The van der Waals surface area contributed by atoms with Gasteiger partial charge < -0.3 is 0 Å². The van der Waals surface area contributed by atoms with Gasteiger partial charge in [0.1, 0.15) is 4.83 Å². The summed E-state index contributed by atoms with van der Waals surface area (Å²) in [4.78, 5) is 6.32. The molecule has 0 amide bonds. The second kappa shape index (κ2) is 7.26. The number of fused-ring (bicyclic) bond motifs is 6. The lowest BCUT2D eigenvalue weighted by Gasteiger charge is -2.11. The first-order valence-electron chi connectivity index (χ1n) is 11.2. The van der Waals surface area contributed by atoms with E-state index in [-0.39, 0.29) is 0 Å². The largest absolute Gasteiger partial charge is 0.236 e. The van der Waals surface area contributed by atoms with Gasteiger partial charge in [-0.1, -0.05) is 103 Å². The lowest BCUT2D eigenvalue weighted by Crippen LogP contribution is -1.89. The molecule has 0 spiro atoms. The van der Waals surface area contributed by atoms with E-state index in [1.165, 1.54) is 48.1 Å². The van der Waals surface area contributed by atoms with Gasteiger partial charge >= 0.3 is 0 Å². The summed E-state index contributed by atoms with van der Waals surface area (Å²) in [5.74, 6) is 0. The zero-order valence-corrected chi connectivity index (χ0v) is 18.6. The lowest BCUT2D eigenvalue weighted by molar-refractivity contribution is 1.45. The van der Waals surface area contributed by atoms with Crippen LogP contribution in [0.1, 0.15) is 0 Å². The number of nitrogens with zero attached hydrogens (tertiary/aromatic N) is 1. The quantitative estimate of drug-likeness (QED) is 0.263. The number of hydrogen-bond acceptors (Lipinski definition) is 2. The van der Waals surface area contributed by atoms with Crippen LogP contribution in [0.2, 0.25) is 0 Å². The average molecular weight is 438 g/mol. The number of rotatable bonds is 2. The van der Waals surface area contributed by atoms with Crippen LogP contribution in [0.3, 0.4) is 0 Å². The van der Waals surface area contributed by atoms with E-state index in [0.29, 0.717) is 0 Å². The molecule has 0 unspecified atom stereocenters. The number of pyridine rings is 1. The molecule has 5 aromatic carbocycles. The van der Waals surface area contributed by atoms with Crippen molar-refractivity contribution >= 4 is 53.2 Å². The van der Waals surface area contributed by atoms with Crippen molar-refractivity contribution in [2.24, 2.45) is 0 Å². The molecule has 0 bridgehead atoms. The summed E-state index contributed by atoms with van der Waals surface area (Å²) < 4.78 is 1.28. The number of benzene rings is 5. The van der Waals surface area contributed by atoms with Crippen LogP contribution in [0.15, 0.2) is 115 Å². The molecule has 0 radical (unpaired) electrons. The van der Waals surface area contributed by atoms with E-state index in [9.17, 15) is 0 Å². The monoisotopic (exact) mass is 437 g/mol. The van der Waals surface area contributed by atoms with Gasteiger partial charge in [-0.25, -0.2) is 4.98 Å². The van der Waals surface area contributed by atoms with Gasteiger partial charge in [0, 0.05) is 26.4 Å². The smallest absolute Gasteiger partial charge is 0.125 e. The summed E-state index contributed by atoms with van der Waals surface area (Å²) in [6.45, 7) is 0. The number of thiophene rings is 1. The lowest BCUT2D eigenvalue weighted by atomic mass is 9.95. The van der Waals surface area contributed by atoms with E-state index >= 15 is 0 Å². The molecule has 0 aliphatic rings. The van der Waals surface area contributed by atoms with Gasteiger partial charge in [0.05, 0.1) is 5.69 Å². The van der Waals surface area contributed by atoms with E-state index in [0.717, 1.165) is 16.1 Å². The highest BCUT2D eigenvalue weighted by atomic mass is 32.1. The molecule has 0 fully saturated rings. The Bertz CT molecular complexity index is 1820. The van der Waals surface area contributed by atoms with E-state index in [1.807, 2.05) is 0 Å². The molecule has 0 saturated heterocycles. The van der Waals surface area contributed by atoms with E-state index in [1.54, 1.807) is 11.3 Å². The predicted molar refractivity (Wildman–Crippen MR) is 143 cm³/mol. The minimum Gasteiger partial charge on any atom is -0.236 e. The molecule has 2 heterocycles. The van der Waals surface area contributed by atoms with Crippen molar-refractivity contribution in [3.05, 3.63) is 115 Å². The zero-order chi connectivity index (χ0) is 21.8. The molecule has 7 aromatic rings. The maximum Gasteiger partial charge on any atom is 0.125 e. The maximum absolute atomic E-state index is 5.23. The standard InChI is InChI=1S/C31H19NS/c1-2-13-23-20(9-1)10-8-17-24(23)21-11-7-12-22(19-21)30-26-15-4-3-14-25(26)29-27-16-5-6-18-28(27)33-31(29)32-30/h1-19H. The Morgan fingerprint density at radius 3 is 2.09 bits per heavy atom. The minimum atomic E-state index is 1.05. The molecule has 154 valence electrons. The Labute approximate surface area is 195 Å². The highest BCUT2D eigenvalue weighted by Gasteiger charge is 2.15. The van der Waals surface area contributed by atoms with Crippen LogP contribution in [0.5, 0.6) is 0 Å². The first kappa shape index (κ1) is 18.6. The molecule has 2 heteroatoms. The van der Waals surface area contributed by atoms with Crippen molar-refractivity contribution < 1.29 is 0 Å². The van der Waals surface area contributed by atoms with Gasteiger partial charge in [-0.15, -0.1) is 11.3 Å². The van der Waals surface area contributed by atoms with Crippen molar-refractivity contribution in [1.29, 1.82) is 0 Å². The van der Waals surface area contributed by atoms with Gasteiger partial charge in [0.2, 0.25) is 0 Å². The first-order chi connectivity index (χ1) is 16.4. The molecule has 0 N–H and O–H groups in total. The Balaban J connectivity index is 1.51. The molecule has 33 heavy (non-hydrogen) atoms. The first-order valence-corrected chi connectivity index (χ1v) is 12.0. The summed E-state index contributed by atoms with van der Waals surface area (Å²) in [6.07, 6.45) is 0. The third kappa shape index (κ3) is 2.88. The van der Waals surface area contributed by atoms with Crippen LogP contribution < -0.4 is 0 Å². The zero-order valence-electron chi connectivity index (χ0n) is 17.8. The summed E-state index contributed by atoms with van der Waals surface area (Å²) in [7, 11) is 0. The Morgan fingerprint density at radius 2 is 1.18 bits per heavy atom. The van der Waals surface area contributed by atoms with Gasteiger partial charge in [0.25, 0.3) is 0 Å². The summed E-state index contributed by atoms with van der Waals surface area (Å²) >= 11 is 1.78. The molecule has 1 nitrogen and oxygen atoms in total. The second-order valence-corrected chi connectivity index (χ2v) is 9.42. The highest BCUT2D eigenvalue weighted by molar-refractivity contribution is 7.25. The van der Waals surface area contributed by atoms with E-state index < -0.39 is 0 Å². The average Bonchev–Trinajstić information content (AvgIpc) is 3.27. The van der Waals surface area contributed by atoms with Gasteiger partial charge in [0.15, 0.2) is 0 Å². The molecule has 7 rings (SSSR count). The van der Waals surface area contributed by atoms with Crippen molar-refractivity contribution in [3.63, 3.8) is 0 Å². The summed E-state index contributed by atoms with van der Waals surface area (Å²) in [5.41, 5.74) is 4.66. The molecule has 0 saturated carbocycles. The van der Waals surface area contributed by atoms with Crippen LogP contribution in [0, 0.1) is 0 Å². The molecular weight excluding hydrogens is 418 g/mol. The minimum absolute atomic E-state index is 1.05. The molecule has 0 atom stereocenters.